The van der Waals surface area contributed by atoms with E-state index in [4.69, 9.17) is 0 Å². The molecule has 0 aromatic carbocycles. The second-order valence-corrected chi connectivity index (χ2v) is 5.96. The quantitative estimate of drug-likeness (QED) is 0.267. The average Bonchev–Trinajstić information content (AvgIpc) is 1.70. The maximum Gasteiger partial charge on any atom is 0.401 e. The first-order valence-corrected chi connectivity index (χ1v) is 6.02. The smallest absolute Gasteiger partial charge is 0.212 e. The highest BCUT2D eigenvalue weighted by molar-refractivity contribution is 6.66. The molecular weight excluding hydrogens is 446 g/mol. The molecule has 0 nitrogen and oxygen atoms in total. The van der Waals surface area contributed by atoms with Crippen molar-refractivity contribution in [3.63, 3.8) is 0 Å². The Labute approximate surface area is 138 Å². The largest absolute Gasteiger partial charge is 0.401 e. The molecule has 0 aliphatic rings. The van der Waals surface area contributed by atoms with Crippen molar-refractivity contribution in [2.75, 3.05) is 0 Å². The van der Waals surface area contributed by atoms with E-state index in [0.717, 1.165) is 0 Å². The van der Waals surface area contributed by atoms with Gasteiger partial charge in [0, 0.05) is 0 Å². The molecule has 0 saturated heterocycles. The van der Waals surface area contributed by atoms with Gasteiger partial charge in [0.1, 0.15) is 0 Å². The van der Waals surface area contributed by atoms with E-state index in [0.29, 0.717) is 0 Å². The molecule has 0 atom stereocenters. The Morgan fingerprint density at radius 1 is 0.667 bits per heavy atom. The van der Waals surface area contributed by atoms with Gasteiger partial charge in [0.05, 0.1) is 0 Å². The highest BCUT2D eigenvalue weighted by atomic mass is 35.6. The van der Waals surface area contributed by atoms with Crippen LogP contribution in [0.1, 0.15) is 0 Å². The lowest BCUT2D eigenvalue weighted by molar-refractivity contribution is 0.194. The topological polar surface area (TPSA) is 0 Å². The molecule has 0 bridgehead atoms. The molecule has 0 radical (unpaired) electrons. The summed E-state index contributed by atoms with van der Waals surface area (Å²) in [6.45, 7) is 0. The fourth-order valence-electron chi connectivity index (χ4n) is 0. The number of hydrogen-bond acceptors (Lipinski definition) is 0. The lowest BCUT2D eigenvalue weighted by Crippen LogP contribution is -1.86. The first kappa shape index (κ1) is 28.1. The molecule has 0 unspecified atom stereocenters. The number of alkyl halides is 14. The van der Waals surface area contributed by atoms with Gasteiger partial charge in [0.15, 0.2) is 0 Å². The van der Waals surface area contributed by atoms with E-state index in [1.54, 1.807) is 0 Å². The van der Waals surface area contributed by atoms with Crippen molar-refractivity contribution in [2.24, 2.45) is 0 Å². The van der Waals surface area contributed by atoms with Crippen LogP contribution >= 0.6 is 92.8 Å². The van der Waals surface area contributed by atoms with Crippen LogP contribution in [0.15, 0.2) is 0 Å². The zero-order valence-corrected chi connectivity index (χ0v) is 13.5. The van der Waals surface area contributed by atoms with Crippen molar-refractivity contribution in [2.45, 2.75) is 19.9 Å². The zero-order chi connectivity index (χ0) is 16.2. The molecule has 0 N–H and O–H groups in total. The minimum absolute atomic E-state index is 1.72. The molecule has 0 aromatic heterocycles. The minimum Gasteiger partial charge on any atom is -0.212 e. The Morgan fingerprint density at radius 3 is 0.667 bits per heavy atom. The summed E-state index contributed by atoms with van der Waals surface area (Å²) in [6, 6.07) is 0. The molecule has 0 fully saturated rings. The second-order valence-electron chi connectivity index (χ2n) is 1.35. The first-order valence-electron chi connectivity index (χ1n) is 2.82. The molecule has 0 aromatic rings. The predicted octanol–water partition coefficient (Wildman–Crippen LogP) is 7.46. The van der Waals surface area contributed by atoms with E-state index in [1.165, 1.54) is 0 Å². The summed E-state index contributed by atoms with van der Waals surface area (Å²) >= 11 is 33.8. The SMILES string of the molecule is FC(Cl)(Cl)Cl.FC(Cl)Cl.FC(F)(Cl)Cl.FC(F)Cl. The van der Waals surface area contributed by atoms with Crippen molar-refractivity contribution in [1.82, 2.24) is 0 Å². The van der Waals surface area contributed by atoms with E-state index in [1.807, 2.05) is 0 Å². The van der Waals surface area contributed by atoms with Crippen LogP contribution in [0.2, 0.25) is 0 Å². The summed E-state index contributed by atoms with van der Waals surface area (Å²) < 4.78 is 60.2. The van der Waals surface area contributed by atoms with Crippen LogP contribution < -0.4 is 0 Å². The second kappa shape index (κ2) is 15.3. The minimum atomic E-state index is -3.56. The van der Waals surface area contributed by atoms with Gasteiger partial charge in [0.2, 0.25) is 5.09 Å². The van der Waals surface area contributed by atoms with E-state index in [2.05, 4.69) is 92.8 Å². The van der Waals surface area contributed by atoms with Gasteiger partial charge in [-0.05, 0) is 58.0 Å². The fourth-order valence-corrected chi connectivity index (χ4v) is 0. The van der Waals surface area contributed by atoms with E-state index in [9.17, 15) is 26.3 Å². The number of halogens is 14. The van der Waals surface area contributed by atoms with Gasteiger partial charge in [-0.2, -0.15) is 22.0 Å². The standard InChI is InChI=1S/CCl3F.CCl2F2.CHCl2F.CHClF2/c2*2-1(3,4)5;2*2-1(3)4/h;;2*1H. The fraction of sp³-hybridized carbons (Fsp3) is 1.00. The molecule has 0 aliphatic carbocycles. The Bertz CT molecular complexity index is 119. The molecule has 18 heavy (non-hydrogen) atoms. The summed E-state index contributed by atoms with van der Waals surface area (Å²) in [6.07, 6.45) is 0. The molecular formula is C4H2Cl8F6. The molecule has 0 rings (SSSR count). The summed E-state index contributed by atoms with van der Waals surface area (Å²) in [5.41, 5.74) is 0. The van der Waals surface area contributed by atoms with Crippen molar-refractivity contribution in [3.8, 4) is 0 Å². The van der Waals surface area contributed by atoms with Gasteiger partial charge in [-0.15, -0.1) is 0 Å². The van der Waals surface area contributed by atoms with E-state index >= 15 is 0 Å². The maximum absolute atomic E-state index is 11.0. The van der Waals surface area contributed by atoms with Crippen molar-refractivity contribution < 1.29 is 26.3 Å². The summed E-state index contributed by atoms with van der Waals surface area (Å²) in [4.78, 5) is -3.56. The van der Waals surface area contributed by atoms with Crippen molar-refractivity contribution >= 4 is 92.8 Å². The van der Waals surface area contributed by atoms with Gasteiger partial charge < -0.3 is 0 Å². The molecule has 0 saturated carbocycles. The van der Waals surface area contributed by atoms with Crippen LogP contribution in [0.5, 0.6) is 0 Å². The van der Waals surface area contributed by atoms with Crippen LogP contribution in [0.4, 0.5) is 26.3 Å². The predicted molar refractivity (Wildman–Crippen MR) is 66.5 cm³/mol. The van der Waals surface area contributed by atoms with Crippen LogP contribution in [0, 0.1) is 0 Å². The van der Waals surface area contributed by atoms with Gasteiger partial charge in [-0.1, -0.05) is 34.8 Å². The first-order chi connectivity index (χ1) is 7.46. The summed E-state index contributed by atoms with van der Waals surface area (Å²) in [5.74, 6) is -2.69. The lowest BCUT2D eigenvalue weighted by Gasteiger charge is -1.89. The highest BCUT2D eigenvalue weighted by Crippen LogP contribution is 2.26. The normalized spacial score (nSPS) is 10.7. The van der Waals surface area contributed by atoms with Crippen LogP contribution in [-0.2, 0) is 0 Å². The average molecular weight is 448 g/mol. The Hall–Kier alpha value is 1.90. The van der Waals surface area contributed by atoms with Gasteiger partial charge in [0.25, 0.3) is 0 Å². The zero-order valence-electron chi connectivity index (χ0n) is 7.45. The van der Waals surface area contributed by atoms with E-state index < -0.39 is 19.9 Å². The van der Waals surface area contributed by atoms with Crippen LogP contribution in [0.25, 0.3) is 0 Å². The number of hydrogen-bond donors (Lipinski definition) is 0. The molecule has 0 aliphatic heterocycles. The maximum atomic E-state index is 11.0. The summed E-state index contributed by atoms with van der Waals surface area (Å²) in [5, 5.41) is -1.72. The third kappa shape index (κ3) is 1420. The molecule has 0 amide bonds. The van der Waals surface area contributed by atoms with Gasteiger partial charge in [-0.25, -0.2) is 4.39 Å². The number of rotatable bonds is 0. The van der Waals surface area contributed by atoms with Crippen LogP contribution in [-0.4, -0.2) is 19.9 Å². The van der Waals surface area contributed by atoms with E-state index in [-0.39, 0.29) is 0 Å². The lowest BCUT2D eigenvalue weighted by atomic mass is 11.7. The molecule has 0 heterocycles. The highest BCUT2D eigenvalue weighted by Gasteiger charge is 2.17. The summed E-state index contributed by atoms with van der Waals surface area (Å²) in [7, 11) is 0. The third-order valence-corrected chi connectivity index (χ3v) is 0. The Balaban J connectivity index is -0.0000000731. The van der Waals surface area contributed by atoms with Gasteiger partial charge >= 0.3 is 14.8 Å². The third-order valence-electron chi connectivity index (χ3n) is 0. The van der Waals surface area contributed by atoms with Crippen molar-refractivity contribution in [1.29, 1.82) is 0 Å². The monoisotopic (exact) mass is 444 g/mol. The molecule has 116 valence electrons. The van der Waals surface area contributed by atoms with Crippen molar-refractivity contribution in [3.05, 3.63) is 0 Å². The Morgan fingerprint density at radius 2 is 0.667 bits per heavy atom. The molecule has 14 heteroatoms. The van der Waals surface area contributed by atoms with Gasteiger partial charge in [-0.3, -0.25) is 0 Å². The Kier molecular flexibility index (Phi) is 23.9. The molecule has 0 spiro atoms. The van der Waals surface area contributed by atoms with Crippen LogP contribution in [0.3, 0.4) is 0 Å².